The van der Waals surface area contributed by atoms with Crippen LogP contribution in [0, 0.1) is 0 Å². The first kappa shape index (κ1) is 19.2. The third-order valence-corrected chi connectivity index (χ3v) is 3.58. The molecule has 0 bridgehead atoms. The van der Waals surface area contributed by atoms with Crippen LogP contribution in [-0.4, -0.2) is 30.4 Å². The van der Waals surface area contributed by atoms with Crippen molar-refractivity contribution in [2.45, 2.75) is 26.4 Å². The number of ether oxygens (including phenoxy) is 2. The molecular weight excluding hydrogens is 334 g/mol. The van der Waals surface area contributed by atoms with Crippen molar-refractivity contribution >= 4 is 23.3 Å². The molecule has 0 heterocycles. The van der Waals surface area contributed by atoms with E-state index in [0.717, 1.165) is 0 Å². The van der Waals surface area contributed by atoms with Gasteiger partial charge >= 0.3 is 5.97 Å². The van der Waals surface area contributed by atoms with E-state index < -0.39 is 24.6 Å². The molecule has 6 heteroatoms. The Morgan fingerprint density at radius 1 is 1.00 bits per heavy atom. The number of carbonyl (C=O) groups excluding carboxylic acids is 3. The average molecular weight is 355 g/mol. The Kier molecular flexibility index (Phi) is 6.91. The van der Waals surface area contributed by atoms with Crippen molar-refractivity contribution in [1.82, 2.24) is 0 Å². The van der Waals surface area contributed by atoms with Crippen LogP contribution in [0.1, 0.15) is 30.6 Å². The number of nitrogens with one attached hydrogen (secondary N) is 1. The Morgan fingerprint density at radius 2 is 1.65 bits per heavy atom. The van der Waals surface area contributed by atoms with E-state index in [4.69, 9.17) is 9.47 Å². The van der Waals surface area contributed by atoms with Gasteiger partial charge in [0, 0.05) is 5.56 Å². The van der Waals surface area contributed by atoms with Gasteiger partial charge in [0.1, 0.15) is 5.75 Å². The number of ketones is 1. The van der Waals surface area contributed by atoms with E-state index in [9.17, 15) is 14.4 Å². The number of para-hydroxylation sites is 2. The first-order valence-corrected chi connectivity index (χ1v) is 8.29. The Bertz CT molecular complexity index is 773. The number of esters is 1. The smallest absolute Gasteiger partial charge is 0.347 e. The highest BCUT2D eigenvalue weighted by atomic mass is 16.6. The number of rotatable bonds is 8. The van der Waals surface area contributed by atoms with E-state index in [1.54, 1.807) is 55.5 Å². The standard InChI is InChI=1S/C20H21NO5/c1-3-18(26-15-9-5-4-6-10-15)20(24)25-13-19(23)21-17-12-8-7-11-16(17)14(2)22/h4-12,18H,3,13H2,1-2H3,(H,21,23)/t18-/m0/s1. The molecule has 0 aromatic heterocycles. The number of amides is 1. The van der Waals surface area contributed by atoms with Crippen molar-refractivity contribution in [3.63, 3.8) is 0 Å². The molecule has 6 nitrogen and oxygen atoms in total. The van der Waals surface area contributed by atoms with Gasteiger partial charge in [-0.2, -0.15) is 0 Å². The Balaban J connectivity index is 1.90. The van der Waals surface area contributed by atoms with Gasteiger partial charge in [0.15, 0.2) is 18.5 Å². The van der Waals surface area contributed by atoms with E-state index in [1.807, 2.05) is 6.07 Å². The SMILES string of the molecule is CC[C@H](Oc1ccccc1)C(=O)OCC(=O)Nc1ccccc1C(C)=O. The summed E-state index contributed by atoms with van der Waals surface area (Å²) in [6.45, 7) is 2.75. The molecule has 2 aromatic rings. The zero-order valence-corrected chi connectivity index (χ0v) is 14.7. The lowest BCUT2D eigenvalue weighted by atomic mass is 10.1. The minimum atomic E-state index is -0.797. The van der Waals surface area contributed by atoms with Crippen molar-refractivity contribution in [1.29, 1.82) is 0 Å². The summed E-state index contributed by atoms with van der Waals surface area (Å²) in [4.78, 5) is 35.7. The monoisotopic (exact) mass is 355 g/mol. The molecule has 26 heavy (non-hydrogen) atoms. The van der Waals surface area contributed by atoms with Gasteiger partial charge in [-0.05, 0) is 37.6 Å². The lowest BCUT2D eigenvalue weighted by Gasteiger charge is -2.16. The second kappa shape index (κ2) is 9.36. The Morgan fingerprint density at radius 3 is 2.31 bits per heavy atom. The van der Waals surface area contributed by atoms with E-state index in [1.165, 1.54) is 6.92 Å². The molecular formula is C20H21NO5. The molecule has 0 saturated heterocycles. The number of hydrogen-bond acceptors (Lipinski definition) is 5. The van der Waals surface area contributed by atoms with Gasteiger partial charge in [-0.25, -0.2) is 4.79 Å². The number of anilines is 1. The molecule has 0 saturated carbocycles. The van der Waals surface area contributed by atoms with Crippen molar-refractivity contribution in [2.24, 2.45) is 0 Å². The molecule has 0 spiro atoms. The highest BCUT2D eigenvalue weighted by molar-refractivity contribution is 6.04. The largest absolute Gasteiger partial charge is 0.479 e. The highest BCUT2D eigenvalue weighted by Gasteiger charge is 2.21. The van der Waals surface area contributed by atoms with Gasteiger partial charge in [-0.3, -0.25) is 9.59 Å². The summed E-state index contributed by atoms with van der Waals surface area (Å²) >= 11 is 0. The van der Waals surface area contributed by atoms with Crippen LogP contribution >= 0.6 is 0 Å². The van der Waals surface area contributed by atoms with E-state index in [-0.39, 0.29) is 5.78 Å². The quantitative estimate of drug-likeness (QED) is 0.581. The van der Waals surface area contributed by atoms with Gasteiger partial charge in [0.05, 0.1) is 5.69 Å². The second-order valence-electron chi connectivity index (χ2n) is 5.59. The number of hydrogen-bond donors (Lipinski definition) is 1. The highest BCUT2D eigenvalue weighted by Crippen LogP contribution is 2.16. The van der Waals surface area contributed by atoms with Crippen LogP contribution in [-0.2, 0) is 14.3 Å². The van der Waals surface area contributed by atoms with Crippen LogP contribution in [0.3, 0.4) is 0 Å². The van der Waals surface area contributed by atoms with Gasteiger partial charge in [-0.15, -0.1) is 0 Å². The van der Waals surface area contributed by atoms with Crippen molar-refractivity contribution in [3.8, 4) is 5.75 Å². The summed E-state index contributed by atoms with van der Waals surface area (Å²) in [6, 6.07) is 15.6. The Labute approximate surface area is 152 Å². The van der Waals surface area contributed by atoms with Crippen LogP contribution in [0.15, 0.2) is 54.6 Å². The first-order valence-electron chi connectivity index (χ1n) is 8.29. The van der Waals surface area contributed by atoms with Crippen molar-refractivity contribution in [3.05, 3.63) is 60.2 Å². The summed E-state index contributed by atoms with van der Waals surface area (Å²) < 4.78 is 10.6. The normalized spacial score (nSPS) is 11.3. The molecule has 1 amide bonds. The molecule has 2 rings (SSSR count). The van der Waals surface area contributed by atoms with Crippen LogP contribution < -0.4 is 10.1 Å². The molecule has 0 aliphatic rings. The minimum Gasteiger partial charge on any atom is -0.479 e. The third kappa shape index (κ3) is 5.44. The molecule has 0 fully saturated rings. The Hall–Kier alpha value is -3.15. The molecule has 2 aromatic carbocycles. The summed E-state index contributed by atoms with van der Waals surface area (Å²) in [5.41, 5.74) is 0.777. The summed E-state index contributed by atoms with van der Waals surface area (Å²) in [7, 11) is 0. The zero-order chi connectivity index (χ0) is 18.9. The first-order chi connectivity index (χ1) is 12.5. The maximum absolute atomic E-state index is 12.1. The fourth-order valence-corrected chi connectivity index (χ4v) is 2.28. The predicted octanol–water partition coefficient (Wildman–Crippen LogP) is 3.23. The molecule has 1 atom stereocenters. The van der Waals surface area contributed by atoms with Crippen molar-refractivity contribution in [2.75, 3.05) is 11.9 Å². The molecule has 0 aliphatic carbocycles. The maximum Gasteiger partial charge on any atom is 0.347 e. The number of carbonyl (C=O) groups is 3. The lowest BCUT2D eigenvalue weighted by Crippen LogP contribution is -2.31. The van der Waals surface area contributed by atoms with Crippen LogP contribution in [0.5, 0.6) is 5.75 Å². The van der Waals surface area contributed by atoms with Crippen molar-refractivity contribution < 1.29 is 23.9 Å². The van der Waals surface area contributed by atoms with Gasteiger partial charge in [-0.1, -0.05) is 37.3 Å². The predicted molar refractivity (Wildman–Crippen MR) is 97.2 cm³/mol. The van der Waals surface area contributed by atoms with Gasteiger partial charge < -0.3 is 14.8 Å². The third-order valence-electron chi connectivity index (χ3n) is 3.58. The number of benzene rings is 2. The second-order valence-corrected chi connectivity index (χ2v) is 5.59. The lowest BCUT2D eigenvalue weighted by molar-refractivity contribution is -0.154. The minimum absolute atomic E-state index is 0.166. The molecule has 136 valence electrons. The molecule has 0 unspecified atom stereocenters. The summed E-state index contributed by atoms with van der Waals surface area (Å²) in [5, 5.41) is 2.58. The van der Waals surface area contributed by atoms with E-state index >= 15 is 0 Å². The molecule has 0 radical (unpaired) electrons. The van der Waals surface area contributed by atoms with E-state index in [0.29, 0.717) is 23.4 Å². The fraction of sp³-hybridized carbons (Fsp3) is 0.250. The van der Waals surface area contributed by atoms with Crippen LogP contribution in [0.2, 0.25) is 0 Å². The zero-order valence-electron chi connectivity index (χ0n) is 14.7. The topological polar surface area (TPSA) is 81.7 Å². The summed E-state index contributed by atoms with van der Waals surface area (Å²) in [5.74, 6) is -0.760. The van der Waals surface area contributed by atoms with Crippen LogP contribution in [0.4, 0.5) is 5.69 Å². The average Bonchev–Trinajstić information content (AvgIpc) is 2.65. The van der Waals surface area contributed by atoms with Gasteiger partial charge in [0.25, 0.3) is 5.91 Å². The van der Waals surface area contributed by atoms with Crippen LogP contribution in [0.25, 0.3) is 0 Å². The molecule has 0 aliphatic heterocycles. The summed E-state index contributed by atoms with van der Waals surface area (Å²) in [6.07, 6.45) is -0.391. The van der Waals surface area contributed by atoms with Gasteiger partial charge in [0.2, 0.25) is 0 Å². The molecule has 1 N–H and O–H groups in total. The maximum atomic E-state index is 12.1. The fourth-order valence-electron chi connectivity index (χ4n) is 2.28. The number of Topliss-reactive ketones (excluding diaryl/α,β-unsaturated/α-hetero) is 1. The van der Waals surface area contributed by atoms with E-state index in [2.05, 4.69) is 5.32 Å².